The molecular formula is C24H19F5N4. The molecule has 1 unspecified atom stereocenters. The number of benzene rings is 2. The van der Waals surface area contributed by atoms with Crippen LogP contribution in [0.3, 0.4) is 0 Å². The Bertz CT molecular complexity index is 1320. The molecule has 33 heavy (non-hydrogen) atoms. The third-order valence-corrected chi connectivity index (χ3v) is 5.42. The Kier molecular flexibility index (Phi) is 5.97. The molecule has 2 heterocycles. The molecule has 1 N–H and O–H groups in total. The van der Waals surface area contributed by atoms with Gasteiger partial charge in [-0.15, -0.1) is 0 Å². The summed E-state index contributed by atoms with van der Waals surface area (Å²) in [7, 11) is 0. The van der Waals surface area contributed by atoms with Gasteiger partial charge in [-0.1, -0.05) is 13.8 Å². The molecule has 0 saturated heterocycles. The van der Waals surface area contributed by atoms with Gasteiger partial charge in [-0.05, 0) is 37.1 Å². The van der Waals surface area contributed by atoms with E-state index in [1.165, 1.54) is 30.5 Å². The molecule has 0 aliphatic heterocycles. The number of anilines is 1. The van der Waals surface area contributed by atoms with Gasteiger partial charge >= 0.3 is 0 Å². The third kappa shape index (κ3) is 4.35. The Morgan fingerprint density at radius 2 is 1.42 bits per heavy atom. The van der Waals surface area contributed by atoms with Crippen LogP contribution in [0.25, 0.3) is 33.5 Å². The predicted molar refractivity (Wildman–Crippen MR) is 116 cm³/mol. The van der Waals surface area contributed by atoms with E-state index >= 15 is 4.39 Å². The maximum Gasteiger partial charge on any atom is 0.225 e. The third-order valence-electron chi connectivity index (χ3n) is 5.42. The van der Waals surface area contributed by atoms with E-state index in [4.69, 9.17) is 0 Å². The summed E-state index contributed by atoms with van der Waals surface area (Å²) in [5.74, 6) is -5.26. The monoisotopic (exact) mass is 458 g/mol. The van der Waals surface area contributed by atoms with Crippen LogP contribution in [0, 0.1) is 35.1 Å². The van der Waals surface area contributed by atoms with Gasteiger partial charge in [0, 0.05) is 23.7 Å². The number of hydrogen-bond donors (Lipinski definition) is 1. The standard InChI is InChI=1S/C24H19F5N4/c1-11(2)12(3)31-21-20(19-16(27)8-15(26)9-17(19)28)23(29)33-24-22(21)32-18(10-30-24)13-4-6-14(25)7-5-13/h4-12H,1-3H3,(H,30,31,33). The summed E-state index contributed by atoms with van der Waals surface area (Å²) in [4.78, 5) is 12.4. The lowest BCUT2D eigenvalue weighted by Gasteiger charge is -2.22. The van der Waals surface area contributed by atoms with Gasteiger partial charge in [0.25, 0.3) is 0 Å². The number of halogens is 5. The number of pyridine rings is 1. The second kappa shape index (κ2) is 8.73. The molecule has 2 aromatic carbocycles. The number of hydrogen-bond acceptors (Lipinski definition) is 4. The van der Waals surface area contributed by atoms with Crippen molar-refractivity contribution in [2.24, 2.45) is 5.92 Å². The first-order valence-corrected chi connectivity index (χ1v) is 10.2. The predicted octanol–water partition coefficient (Wildman–Crippen LogP) is 6.51. The summed E-state index contributed by atoms with van der Waals surface area (Å²) in [5.41, 5.74) is -0.501. The molecule has 170 valence electrons. The molecule has 0 aliphatic carbocycles. The SMILES string of the molecule is CC(C)C(C)Nc1c(-c2c(F)cc(F)cc2F)c(F)nc2ncc(-c3ccc(F)cc3)nc12. The maximum atomic E-state index is 15.2. The zero-order chi connectivity index (χ0) is 23.9. The van der Waals surface area contributed by atoms with Crippen molar-refractivity contribution in [1.82, 2.24) is 15.0 Å². The highest BCUT2D eigenvalue weighted by Crippen LogP contribution is 2.39. The van der Waals surface area contributed by atoms with Gasteiger partial charge in [-0.3, -0.25) is 0 Å². The van der Waals surface area contributed by atoms with Gasteiger partial charge in [0.15, 0.2) is 5.65 Å². The molecule has 4 aromatic rings. The molecular weight excluding hydrogens is 439 g/mol. The molecule has 0 fully saturated rings. The van der Waals surface area contributed by atoms with Gasteiger partial charge in [0.1, 0.15) is 28.8 Å². The average molecular weight is 458 g/mol. The highest BCUT2D eigenvalue weighted by atomic mass is 19.2. The Balaban J connectivity index is 2.04. The lowest BCUT2D eigenvalue weighted by atomic mass is 10.0. The quantitative estimate of drug-likeness (QED) is 0.274. The zero-order valence-corrected chi connectivity index (χ0v) is 17.9. The molecule has 0 amide bonds. The Labute approximate surface area is 186 Å². The summed E-state index contributed by atoms with van der Waals surface area (Å²) in [6.07, 6.45) is 1.34. The molecule has 0 bridgehead atoms. The first kappa shape index (κ1) is 22.6. The largest absolute Gasteiger partial charge is 0.380 e. The smallest absolute Gasteiger partial charge is 0.225 e. The van der Waals surface area contributed by atoms with Crippen LogP contribution in [0.5, 0.6) is 0 Å². The second-order valence-electron chi connectivity index (χ2n) is 8.01. The molecule has 0 spiro atoms. The van der Waals surface area contributed by atoms with Crippen LogP contribution >= 0.6 is 0 Å². The molecule has 9 heteroatoms. The van der Waals surface area contributed by atoms with E-state index in [0.29, 0.717) is 23.4 Å². The molecule has 0 aliphatic rings. The van der Waals surface area contributed by atoms with E-state index in [0.717, 1.165) is 0 Å². The molecule has 4 rings (SSSR count). The lowest BCUT2D eigenvalue weighted by molar-refractivity contribution is 0.540. The normalized spacial score (nSPS) is 12.4. The van der Waals surface area contributed by atoms with Crippen molar-refractivity contribution in [1.29, 1.82) is 0 Å². The fourth-order valence-electron chi connectivity index (χ4n) is 3.31. The van der Waals surface area contributed by atoms with Gasteiger partial charge in [0.2, 0.25) is 5.95 Å². The topological polar surface area (TPSA) is 50.7 Å². The van der Waals surface area contributed by atoms with Crippen molar-refractivity contribution in [2.45, 2.75) is 26.8 Å². The fourth-order valence-corrected chi connectivity index (χ4v) is 3.31. The van der Waals surface area contributed by atoms with E-state index in [1.54, 1.807) is 0 Å². The van der Waals surface area contributed by atoms with Crippen LogP contribution in [0.1, 0.15) is 20.8 Å². The van der Waals surface area contributed by atoms with Crippen LogP contribution < -0.4 is 5.32 Å². The number of fused-ring (bicyclic) bond motifs is 1. The van der Waals surface area contributed by atoms with Gasteiger partial charge in [-0.25, -0.2) is 27.5 Å². The van der Waals surface area contributed by atoms with Crippen molar-refractivity contribution in [3.63, 3.8) is 0 Å². The highest BCUT2D eigenvalue weighted by molar-refractivity contribution is 5.96. The lowest BCUT2D eigenvalue weighted by Crippen LogP contribution is -2.23. The van der Waals surface area contributed by atoms with E-state index in [2.05, 4.69) is 20.3 Å². The van der Waals surface area contributed by atoms with Crippen molar-refractivity contribution in [3.8, 4) is 22.4 Å². The number of aromatic nitrogens is 3. The molecule has 2 aromatic heterocycles. The summed E-state index contributed by atoms with van der Waals surface area (Å²) in [6.45, 7) is 5.63. The minimum absolute atomic E-state index is 0.0282. The van der Waals surface area contributed by atoms with Crippen LogP contribution in [0.2, 0.25) is 0 Å². The first-order valence-electron chi connectivity index (χ1n) is 10.2. The van der Waals surface area contributed by atoms with E-state index in [1.807, 2.05) is 20.8 Å². The van der Waals surface area contributed by atoms with Crippen molar-refractivity contribution in [3.05, 3.63) is 71.8 Å². The van der Waals surface area contributed by atoms with E-state index in [9.17, 15) is 17.6 Å². The van der Waals surface area contributed by atoms with Crippen LogP contribution in [0.15, 0.2) is 42.6 Å². The van der Waals surface area contributed by atoms with Gasteiger partial charge in [0.05, 0.1) is 28.7 Å². The Hall–Kier alpha value is -3.62. The zero-order valence-electron chi connectivity index (χ0n) is 17.9. The summed E-state index contributed by atoms with van der Waals surface area (Å²) < 4.78 is 71.3. The number of rotatable bonds is 5. The summed E-state index contributed by atoms with van der Waals surface area (Å²) >= 11 is 0. The second-order valence-corrected chi connectivity index (χ2v) is 8.01. The summed E-state index contributed by atoms with van der Waals surface area (Å²) in [6, 6.07) is 6.16. The van der Waals surface area contributed by atoms with Crippen molar-refractivity contribution >= 4 is 16.9 Å². The first-order chi connectivity index (χ1) is 15.7. The van der Waals surface area contributed by atoms with E-state index in [-0.39, 0.29) is 28.8 Å². The van der Waals surface area contributed by atoms with Gasteiger partial charge < -0.3 is 5.32 Å². The number of nitrogens with zero attached hydrogens (tertiary/aromatic N) is 3. The maximum absolute atomic E-state index is 15.2. The Morgan fingerprint density at radius 3 is 2.03 bits per heavy atom. The van der Waals surface area contributed by atoms with Crippen LogP contribution in [0.4, 0.5) is 27.6 Å². The molecule has 4 nitrogen and oxygen atoms in total. The minimum Gasteiger partial charge on any atom is -0.380 e. The van der Waals surface area contributed by atoms with Crippen LogP contribution in [-0.4, -0.2) is 21.0 Å². The van der Waals surface area contributed by atoms with Gasteiger partial charge in [-0.2, -0.15) is 9.37 Å². The Morgan fingerprint density at radius 1 is 0.788 bits per heavy atom. The highest BCUT2D eigenvalue weighted by Gasteiger charge is 2.26. The van der Waals surface area contributed by atoms with Crippen LogP contribution in [-0.2, 0) is 0 Å². The average Bonchev–Trinajstić information content (AvgIpc) is 2.75. The summed E-state index contributed by atoms with van der Waals surface area (Å²) in [5, 5.41) is 3.08. The molecule has 1 atom stereocenters. The fraction of sp³-hybridized carbons (Fsp3) is 0.208. The van der Waals surface area contributed by atoms with E-state index < -0.39 is 40.3 Å². The van der Waals surface area contributed by atoms with Crippen molar-refractivity contribution in [2.75, 3.05) is 5.32 Å². The molecule has 0 radical (unpaired) electrons. The molecule has 0 saturated carbocycles. The van der Waals surface area contributed by atoms with Crippen molar-refractivity contribution < 1.29 is 22.0 Å². The number of nitrogens with one attached hydrogen (secondary N) is 1. The minimum atomic E-state index is -1.28.